The number of hydrogen-bond acceptors (Lipinski definition) is 4. The molecule has 3 aromatic rings. The van der Waals surface area contributed by atoms with Gasteiger partial charge in [0, 0.05) is 11.3 Å². The van der Waals surface area contributed by atoms with Gasteiger partial charge in [0.15, 0.2) is 0 Å². The van der Waals surface area contributed by atoms with Crippen LogP contribution in [-0.2, 0) is 9.53 Å². The van der Waals surface area contributed by atoms with Gasteiger partial charge in [0.1, 0.15) is 5.75 Å². The quantitative estimate of drug-likeness (QED) is 0.667. The average Bonchev–Trinajstić information content (AvgIpc) is 2.68. The van der Waals surface area contributed by atoms with E-state index in [1.165, 1.54) is 24.3 Å². The van der Waals surface area contributed by atoms with Gasteiger partial charge in [-0.3, -0.25) is 4.79 Å². The molecule has 0 radical (unpaired) electrons. The molecule has 0 saturated heterocycles. The van der Waals surface area contributed by atoms with Gasteiger partial charge in [-0.2, -0.15) is 0 Å². The van der Waals surface area contributed by atoms with E-state index in [2.05, 4.69) is 5.32 Å². The number of aryl methyl sites for hydroxylation is 1. The Morgan fingerprint density at radius 2 is 1.63 bits per heavy atom. The number of ether oxygens (including phenoxy) is 1. The first-order valence-corrected chi connectivity index (χ1v) is 8.45. The molecule has 0 bridgehead atoms. The maximum atomic E-state index is 12.8. The van der Waals surface area contributed by atoms with Crippen molar-refractivity contribution in [1.29, 1.82) is 0 Å². The fraction of sp³-hybridized carbons (Fsp3) is 0.0909. The van der Waals surface area contributed by atoms with Crippen molar-refractivity contribution >= 4 is 17.6 Å². The number of aromatic hydroxyl groups is 1. The first-order valence-electron chi connectivity index (χ1n) is 8.45. The Labute approximate surface area is 157 Å². The molecule has 1 atom stereocenters. The number of carbonyl (C=O) groups excluding carboxylic acids is 2. The van der Waals surface area contributed by atoms with Crippen LogP contribution >= 0.6 is 0 Å². The lowest BCUT2D eigenvalue weighted by Gasteiger charge is -2.18. The van der Waals surface area contributed by atoms with Crippen molar-refractivity contribution in [1.82, 2.24) is 0 Å². The number of benzene rings is 3. The number of esters is 1. The molecule has 1 amide bonds. The molecule has 0 aliphatic rings. The van der Waals surface area contributed by atoms with E-state index in [1.54, 1.807) is 36.4 Å². The molecule has 136 valence electrons. The molecule has 1 unspecified atom stereocenters. The molecular weight excluding hydrogens is 342 g/mol. The number of amides is 1. The lowest BCUT2D eigenvalue weighted by molar-refractivity contribution is -0.125. The Hall–Kier alpha value is -3.60. The summed E-state index contributed by atoms with van der Waals surface area (Å²) in [6, 6.07) is 21.9. The molecule has 0 fully saturated rings. The topological polar surface area (TPSA) is 75.6 Å². The van der Waals surface area contributed by atoms with E-state index in [0.29, 0.717) is 11.3 Å². The normalized spacial score (nSPS) is 11.4. The number of phenolic OH excluding ortho intramolecular Hbond substituents is 1. The third kappa shape index (κ3) is 4.73. The van der Waals surface area contributed by atoms with Crippen molar-refractivity contribution in [3.8, 4) is 5.75 Å². The second-order valence-corrected chi connectivity index (χ2v) is 6.10. The number of carbonyl (C=O) groups is 2. The molecule has 5 heteroatoms. The predicted molar refractivity (Wildman–Crippen MR) is 103 cm³/mol. The first kappa shape index (κ1) is 18.2. The van der Waals surface area contributed by atoms with Gasteiger partial charge in [0.05, 0.1) is 5.56 Å². The van der Waals surface area contributed by atoms with Crippen molar-refractivity contribution in [2.45, 2.75) is 13.0 Å². The van der Waals surface area contributed by atoms with E-state index < -0.39 is 18.0 Å². The highest BCUT2D eigenvalue weighted by atomic mass is 16.5. The highest BCUT2D eigenvalue weighted by Gasteiger charge is 2.26. The second-order valence-electron chi connectivity index (χ2n) is 6.10. The molecule has 3 rings (SSSR count). The maximum absolute atomic E-state index is 12.8. The van der Waals surface area contributed by atoms with Gasteiger partial charge in [-0.1, -0.05) is 54.1 Å². The lowest BCUT2D eigenvalue weighted by Crippen LogP contribution is -2.26. The summed E-state index contributed by atoms with van der Waals surface area (Å²) in [5.74, 6) is -1.21. The van der Waals surface area contributed by atoms with Gasteiger partial charge in [-0.25, -0.2) is 4.79 Å². The largest absolute Gasteiger partial charge is 0.508 e. The summed E-state index contributed by atoms with van der Waals surface area (Å²) in [5.41, 5.74) is 2.40. The van der Waals surface area contributed by atoms with Crippen LogP contribution in [0.4, 0.5) is 5.69 Å². The van der Waals surface area contributed by atoms with Crippen molar-refractivity contribution in [3.63, 3.8) is 0 Å². The third-order valence-corrected chi connectivity index (χ3v) is 3.97. The summed E-state index contributed by atoms with van der Waals surface area (Å²) in [6.07, 6.45) is -1.12. The van der Waals surface area contributed by atoms with Gasteiger partial charge in [-0.05, 0) is 37.3 Å². The summed E-state index contributed by atoms with van der Waals surface area (Å²) >= 11 is 0. The fourth-order valence-corrected chi connectivity index (χ4v) is 2.55. The van der Waals surface area contributed by atoms with Gasteiger partial charge >= 0.3 is 5.97 Å². The minimum absolute atomic E-state index is 0.0511. The van der Waals surface area contributed by atoms with Crippen LogP contribution in [0.2, 0.25) is 0 Å². The van der Waals surface area contributed by atoms with Crippen molar-refractivity contribution in [2.75, 3.05) is 5.32 Å². The highest BCUT2D eigenvalue weighted by Crippen LogP contribution is 2.23. The van der Waals surface area contributed by atoms with Crippen molar-refractivity contribution < 1.29 is 19.4 Å². The van der Waals surface area contributed by atoms with E-state index in [9.17, 15) is 14.7 Å². The Bertz CT molecular complexity index is 936. The Morgan fingerprint density at radius 1 is 0.926 bits per heavy atom. The van der Waals surface area contributed by atoms with E-state index in [0.717, 1.165) is 5.56 Å². The predicted octanol–water partition coefficient (Wildman–Crippen LogP) is 4.24. The first-order chi connectivity index (χ1) is 13.0. The number of phenols is 1. The van der Waals surface area contributed by atoms with Crippen LogP contribution in [0.15, 0.2) is 78.9 Å². The van der Waals surface area contributed by atoms with E-state index in [4.69, 9.17) is 4.74 Å². The summed E-state index contributed by atoms with van der Waals surface area (Å²) in [5, 5.41) is 12.3. The maximum Gasteiger partial charge on any atom is 0.339 e. The molecule has 0 aromatic heterocycles. The molecule has 2 N–H and O–H groups in total. The summed E-state index contributed by atoms with van der Waals surface area (Å²) < 4.78 is 5.47. The third-order valence-electron chi connectivity index (χ3n) is 3.97. The number of hydrogen-bond donors (Lipinski definition) is 2. The monoisotopic (exact) mass is 361 g/mol. The summed E-state index contributed by atoms with van der Waals surface area (Å²) in [6.45, 7) is 1.95. The second kappa shape index (κ2) is 8.19. The van der Waals surface area contributed by atoms with E-state index in [-0.39, 0.29) is 11.3 Å². The number of anilines is 1. The zero-order valence-electron chi connectivity index (χ0n) is 14.8. The van der Waals surface area contributed by atoms with Crippen LogP contribution in [-0.4, -0.2) is 17.0 Å². The fourth-order valence-electron chi connectivity index (χ4n) is 2.55. The molecule has 3 aromatic carbocycles. The Morgan fingerprint density at radius 3 is 2.30 bits per heavy atom. The lowest BCUT2D eigenvalue weighted by atomic mass is 10.1. The minimum atomic E-state index is -1.12. The highest BCUT2D eigenvalue weighted by molar-refractivity contribution is 5.98. The molecule has 0 aliphatic heterocycles. The van der Waals surface area contributed by atoms with Crippen LogP contribution in [0.25, 0.3) is 0 Å². The minimum Gasteiger partial charge on any atom is -0.508 e. The van der Waals surface area contributed by atoms with Gasteiger partial charge in [-0.15, -0.1) is 0 Å². The molecule has 0 aliphatic carbocycles. The van der Waals surface area contributed by atoms with Crippen LogP contribution < -0.4 is 5.32 Å². The average molecular weight is 361 g/mol. The number of rotatable bonds is 5. The summed E-state index contributed by atoms with van der Waals surface area (Å²) in [4.78, 5) is 25.3. The molecule has 27 heavy (non-hydrogen) atoms. The Kier molecular flexibility index (Phi) is 5.52. The number of nitrogens with one attached hydrogen (secondary N) is 1. The molecule has 0 heterocycles. The van der Waals surface area contributed by atoms with E-state index >= 15 is 0 Å². The molecule has 0 spiro atoms. The summed E-state index contributed by atoms with van der Waals surface area (Å²) in [7, 11) is 0. The van der Waals surface area contributed by atoms with Crippen molar-refractivity contribution in [2.24, 2.45) is 0 Å². The van der Waals surface area contributed by atoms with Crippen LogP contribution in [0.3, 0.4) is 0 Å². The standard InChI is InChI=1S/C22H19NO4/c1-15-10-12-18(13-11-15)23-21(25)20(16-6-3-2-4-7-16)27-22(26)17-8-5-9-19(24)14-17/h2-14,20,24H,1H3,(H,23,25). The zero-order valence-corrected chi connectivity index (χ0v) is 14.8. The molecule has 5 nitrogen and oxygen atoms in total. The zero-order chi connectivity index (χ0) is 19.2. The van der Waals surface area contributed by atoms with E-state index in [1.807, 2.05) is 25.1 Å². The van der Waals surface area contributed by atoms with Gasteiger partial charge < -0.3 is 15.2 Å². The molecule has 0 saturated carbocycles. The van der Waals surface area contributed by atoms with Gasteiger partial charge in [0.25, 0.3) is 5.91 Å². The van der Waals surface area contributed by atoms with Crippen LogP contribution in [0, 0.1) is 6.92 Å². The SMILES string of the molecule is Cc1ccc(NC(=O)C(OC(=O)c2cccc(O)c2)c2ccccc2)cc1. The van der Waals surface area contributed by atoms with Crippen LogP contribution in [0.1, 0.15) is 27.6 Å². The van der Waals surface area contributed by atoms with Crippen molar-refractivity contribution in [3.05, 3.63) is 95.6 Å². The Balaban J connectivity index is 1.83. The smallest absolute Gasteiger partial charge is 0.339 e. The van der Waals surface area contributed by atoms with Gasteiger partial charge in [0.2, 0.25) is 6.10 Å². The molecular formula is C22H19NO4. The van der Waals surface area contributed by atoms with Crippen LogP contribution in [0.5, 0.6) is 5.75 Å².